The van der Waals surface area contributed by atoms with Crippen LogP contribution in [0.2, 0.25) is 10.0 Å². The highest BCUT2D eigenvalue weighted by Crippen LogP contribution is 2.28. The van der Waals surface area contributed by atoms with E-state index < -0.39 is 0 Å². The number of aryl methyl sites for hydroxylation is 2. The SMILES string of the molecule is Cc1cc(Cl)ccc1Nc1nc(NCc2ccccc2Cl)nc2c1cnn2C. The van der Waals surface area contributed by atoms with Gasteiger partial charge in [-0.3, -0.25) is 4.68 Å². The molecule has 0 atom stereocenters. The Morgan fingerprint density at radius 2 is 1.89 bits per heavy atom. The topological polar surface area (TPSA) is 67.7 Å². The van der Waals surface area contributed by atoms with E-state index in [1.165, 1.54) is 0 Å². The van der Waals surface area contributed by atoms with Crippen molar-refractivity contribution in [1.82, 2.24) is 19.7 Å². The maximum Gasteiger partial charge on any atom is 0.227 e. The molecule has 4 aromatic rings. The first-order chi connectivity index (χ1) is 13.5. The van der Waals surface area contributed by atoms with Crippen LogP contribution in [0.15, 0.2) is 48.7 Å². The first kappa shape index (κ1) is 18.5. The second kappa shape index (κ2) is 7.66. The zero-order valence-electron chi connectivity index (χ0n) is 15.4. The lowest BCUT2D eigenvalue weighted by Gasteiger charge is -2.12. The highest BCUT2D eigenvalue weighted by molar-refractivity contribution is 6.31. The summed E-state index contributed by atoms with van der Waals surface area (Å²) in [6.45, 7) is 2.51. The molecule has 0 aliphatic heterocycles. The minimum Gasteiger partial charge on any atom is -0.350 e. The van der Waals surface area contributed by atoms with Crippen LogP contribution in [-0.2, 0) is 13.6 Å². The third kappa shape index (κ3) is 3.74. The Balaban J connectivity index is 1.68. The van der Waals surface area contributed by atoms with Gasteiger partial charge in [0.05, 0.1) is 11.6 Å². The van der Waals surface area contributed by atoms with E-state index in [-0.39, 0.29) is 0 Å². The molecule has 142 valence electrons. The fraction of sp³-hybridized carbons (Fsp3) is 0.150. The Hall–Kier alpha value is -2.83. The number of nitrogens with zero attached hydrogens (tertiary/aromatic N) is 4. The second-order valence-electron chi connectivity index (χ2n) is 6.43. The highest BCUT2D eigenvalue weighted by atomic mass is 35.5. The Labute approximate surface area is 172 Å². The van der Waals surface area contributed by atoms with E-state index in [1.54, 1.807) is 10.9 Å². The molecule has 6 nitrogen and oxygen atoms in total. The van der Waals surface area contributed by atoms with Gasteiger partial charge in [-0.05, 0) is 42.3 Å². The molecule has 8 heteroatoms. The van der Waals surface area contributed by atoms with Gasteiger partial charge in [-0.2, -0.15) is 15.1 Å². The lowest BCUT2D eigenvalue weighted by Crippen LogP contribution is -2.07. The molecule has 0 bridgehead atoms. The van der Waals surface area contributed by atoms with Crippen LogP contribution in [0.3, 0.4) is 0 Å². The molecule has 0 saturated heterocycles. The molecule has 0 amide bonds. The molecule has 0 spiro atoms. The van der Waals surface area contributed by atoms with Crippen molar-refractivity contribution in [2.75, 3.05) is 10.6 Å². The molecular weight excluding hydrogens is 395 g/mol. The van der Waals surface area contributed by atoms with Gasteiger partial charge in [0.25, 0.3) is 0 Å². The summed E-state index contributed by atoms with van der Waals surface area (Å²) in [5.74, 6) is 1.16. The molecule has 0 radical (unpaired) electrons. The number of hydrogen-bond acceptors (Lipinski definition) is 5. The third-order valence-electron chi connectivity index (χ3n) is 4.43. The van der Waals surface area contributed by atoms with E-state index in [9.17, 15) is 0 Å². The predicted molar refractivity (Wildman–Crippen MR) is 115 cm³/mol. The molecule has 0 aliphatic rings. The summed E-state index contributed by atoms with van der Waals surface area (Å²) in [5, 5.41) is 13.2. The number of halogens is 2. The van der Waals surface area contributed by atoms with E-state index in [0.717, 1.165) is 27.8 Å². The first-order valence-corrected chi connectivity index (χ1v) is 9.47. The first-order valence-electron chi connectivity index (χ1n) is 8.71. The van der Waals surface area contributed by atoms with Crippen LogP contribution in [0.1, 0.15) is 11.1 Å². The summed E-state index contributed by atoms with van der Waals surface area (Å²) in [4.78, 5) is 9.25. The molecule has 0 unspecified atom stereocenters. The quantitative estimate of drug-likeness (QED) is 0.463. The fourth-order valence-corrected chi connectivity index (χ4v) is 3.34. The number of fused-ring (bicyclic) bond motifs is 1. The molecular formula is C20H18Cl2N6. The zero-order valence-corrected chi connectivity index (χ0v) is 16.9. The summed E-state index contributed by atoms with van der Waals surface area (Å²) >= 11 is 12.3. The number of rotatable bonds is 5. The molecule has 0 fully saturated rings. The molecule has 28 heavy (non-hydrogen) atoms. The summed E-state index contributed by atoms with van der Waals surface area (Å²) in [6.07, 6.45) is 1.75. The van der Waals surface area contributed by atoms with Gasteiger partial charge in [0.2, 0.25) is 5.95 Å². The molecule has 2 N–H and O–H groups in total. The summed E-state index contributed by atoms with van der Waals surface area (Å²) < 4.78 is 1.72. The lowest BCUT2D eigenvalue weighted by atomic mass is 10.2. The van der Waals surface area contributed by atoms with Gasteiger partial charge in [-0.25, -0.2) is 0 Å². The van der Waals surface area contributed by atoms with Gasteiger partial charge < -0.3 is 10.6 Å². The summed E-state index contributed by atoms with van der Waals surface area (Å²) in [7, 11) is 1.85. The maximum absolute atomic E-state index is 6.24. The number of benzene rings is 2. The second-order valence-corrected chi connectivity index (χ2v) is 7.27. The van der Waals surface area contributed by atoms with Gasteiger partial charge in [-0.15, -0.1) is 0 Å². The van der Waals surface area contributed by atoms with Crippen molar-refractivity contribution in [2.24, 2.45) is 7.05 Å². The smallest absolute Gasteiger partial charge is 0.227 e. The van der Waals surface area contributed by atoms with E-state index in [0.29, 0.717) is 28.4 Å². The molecule has 2 aromatic heterocycles. The normalized spacial score (nSPS) is 11.0. The number of nitrogens with one attached hydrogen (secondary N) is 2. The highest BCUT2D eigenvalue weighted by Gasteiger charge is 2.13. The number of hydrogen-bond donors (Lipinski definition) is 2. The van der Waals surface area contributed by atoms with Crippen molar-refractivity contribution in [2.45, 2.75) is 13.5 Å². The number of aromatic nitrogens is 4. The van der Waals surface area contributed by atoms with E-state index >= 15 is 0 Å². The molecule has 0 saturated carbocycles. The number of anilines is 3. The van der Waals surface area contributed by atoms with Gasteiger partial charge in [0.15, 0.2) is 5.65 Å². The maximum atomic E-state index is 6.24. The van der Waals surface area contributed by atoms with E-state index in [4.69, 9.17) is 23.2 Å². The average molecular weight is 413 g/mol. The van der Waals surface area contributed by atoms with Gasteiger partial charge >= 0.3 is 0 Å². The third-order valence-corrected chi connectivity index (χ3v) is 5.03. The van der Waals surface area contributed by atoms with Crippen molar-refractivity contribution in [3.63, 3.8) is 0 Å². The van der Waals surface area contributed by atoms with E-state index in [1.807, 2.05) is 56.4 Å². The van der Waals surface area contributed by atoms with Crippen molar-refractivity contribution in [3.05, 3.63) is 69.8 Å². The van der Waals surface area contributed by atoms with E-state index in [2.05, 4.69) is 25.7 Å². The molecule has 0 aliphatic carbocycles. The minimum atomic E-state index is 0.491. The van der Waals surface area contributed by atoms with Crippen LogP contribution in [0, 0.1) is 6.92 Å². The van der Waals surface area contributed by atoms with Crippen molar-refractivity contribution in [3.8, 4) is 0 Å². The minimum absolute atomic E-state index is 0.491. The fourth-order valence-electron chi connectivity index (χ4n) is 2.91. The molecule has 2 aromatic carbocycles. The standard InChI is InChI=1S/C20H18Cl2N6/c1-12-9-14(21)7-8-17(12)25-18-15-11-24-28(2)19(15)27-20(26-18)23-10-13-5-3-4-6-16(13)22/h3-9,11H,10H2,1-2H3,(H2,23,25,26,27). The van der Waals surface area contributed by atoms with Gasteiger partial charge in [0.1, 0.15) is 5.82 Å². The monoisotopic (exact) mass is 412 g/mol. The Bertz CT molecular complexity index is 1150. The van der Waals surface area contributed by atoms with Crippen LogP contribution in [0.5, 0.6) is 0 Å². The lowest BCUT2D eigenvalue weighted by molar-refractivity contribution is 0.785. The Morgan fingerprint density at radius 3 is 2.68 bits per heavy atom. The van der Waals surface area contributed by atoms with Crippen LogP contribution < -0.4 is 10.6 Å². The summed E-state index contributed by atoms with van der Waals surface area (Å²) in [6, 6.07) is 13.4. The molecule has 2 heterocycles. The van der Waals surface area contributed by atoms with Crippen LogP contribution in [0.4, 0.5) is 17.5 Å². The Kier molecular flexibility index (Phi) is 5.07. The Morgan fingerprint density at radius 1 is 1.07 bits per heavy atom. The van der Waals surface area contributed by atoms with Crippen molar-refractivity contribution in [1.29, 1.82) is 0 Å². The van der Waals surface area contributed by atoms with Crippen LogP contribution >= 0.6 is 23.2 Å². The van der Waals surface area contributed by atoms with Crippen LogP contribution in [0.25, 0.3) is 11.0 Å². The predicted octanol–water partition coefficient (Wildman–Crippen LogP) is 5.33. The average Bonchev–Trinajstić information content (AvgIpc) is 3.05. The largest absolute Gasteiger partial charge is 0.350 e. The summed E-state index contributed by atoms with van der Waals surface area (Å²) in [5.41, 5.74) is 3.64. The van der Waals surface area contributed by atoms with Crippen LogP contribution in [-0.4, -0.2) is 19.7 Å². The van der Waals surface area contributed by atoms with Crippen molar-refractivity contribution >= 4 is 51.7 Å². The van der Waals surface area contributed by atoms with Gasteiger partial charge in [-0.1, -0.05) is 41.4 Å². The zero-order chi connectivity index (χ0) is 19.7. The van der Waals surface area contributed by atoms with Crippen molar-refractivity contribution < 1.29 is 0 Å². The van der Waals surface area contributed by atoms with Gasteiger partial charge in [0, 0.05) is 29.3 Å². The molecule has 4 rings (SSSR count).